The van der Waals surface area contributed by atoms with E-state index in [-0.39, 0.29) is 29.4 Å². The molecule has 0 spiro atoms. The number of carbonyl (C=O) groups is 2. The molecule has 2 amide bonds. The first-order valence-corrected chi connectivity index (χ1v) is 8.52. The molecule has 0 aliphatic carbocycles. The molecule has 1 N–H and O–H groups in total. The molecule has 1 atom stereocenters. The maximum atomic E-state index is 12.9. The van der Waals surface area contributed by atoms with Crippen molar-refractivity contribution in [2.24, 2.45) is 0 Å². The average Bonchev–Trinajstić information content (AvgIpc) is 2.66. The van der Waals surface area contributed by atoms with Crippen LogP contribution in [0.5, 0.6) is 0 Å². The van der Waals surface area contributed by atoms with Gasteiger partial charge in [-0.05, 0) is 36.4 Å². The Morgan fingerprint density at radius 1 is 1.25 bits per heavy atom. The van der Waals surface area contributed by atoms with E-state index in [1.807, 2.05) is 31.2 Å². The van der Waals surface area contributed by atoms with Crippen molar-refractivity contribution in [2.75, 3.05) is 16.8 Å². The maximum Gasteiger partial charge on any atom is 0.244 e. The highest BCUT2D eigenvalue weighted by atomic mass is 32.2. The van der Waals surface area contributed by atoms with Gasteiger partial charge in [-0.2, -0.15) is 0 Å². The summed E-state index contributed by atoms with van der Waals surface area (Å²) in [6.07, 6.45) is 0.378. The third kappa shape index (κ3) is 3.76. The molecule has 0 saturated heterocycles. The van der Waals surface area contributed by atoms with Crippen LogP contribution in [0.1, 0.15) is 13.3 Å². The largest absolute Gasteiger partial charge is 0.325 e. The van der Waals surface area contributed by atoms with Crippen molar-refractivity contribution in [3.8, 4) is 0 Å². The Labute approximate surface area is 144 Å². The number of hydrogen-bond acceptors (Lipinski definition) is 3. The van der Waals surface area contributed by atoms with Crippen LogP contribution < -0.4 is 10.2 Å². The quantitative estimate of drug-likeness (QED) is 0.924. The average molecular weight is 344 g/mol. The number of thioether (sulfide) groups is 1. The lowest BCUT2D eigenvalue weighted by atomic mass is 10.2. The summed E-state index contributed by atoms with van der Waals surface area (Å²) < 4.78 is 12.9. The van der Waals surface area contributed by atoms with Crippen molar-refractivity contribution < 1.29 is 14.0 Å². The standard InChI is InChI=1S/C18H17FN2O2S/c1-12-10-18(23)21(15-4-2-3-5-16(15)24-12)11-17(22)20-14-8-6-13(19)7-9-14/h2-9,12H,10-11H2,1H3,(H,20,22)/t12-/m1/s1. The third-order valence-corrected chi connectivity index (χ3v) is 4.85. The highest BCUT2D eigenvalue weighted by molar-refractivity contribution is 8.00. The number of benzene rings is 2. The van der Waals surface area contributed by atoms with Crippen molar-refractivity contribution in [3.63, 3.8) is 0 Å². The SMILES string of the molecule is C[C@@H]1CC(=O)N(CC(=O)Nc2ccc(F)cc2)c2ccccc2S1. The molecule has 124 valence electrons. The van der Waals surface area contributed by atoms with Crippen molar-refractivity contribution in [1.82, 2.24) is 0 Å². The summed E-state index contributed by atoms with van der Waals surface area (Å²) in [5.74, 6) is -0.755. The second-order valence-electron chi connectivity index (χ2n) is 5.64. The van der Waals surface area contributed by atoms with E-state index >= 15 is 0 Å². The summed E-state index contributed by atoms with van der Waals surface area (Å²) in [6, 6.07) is 13.1. The van der Waals surface area contributed by atoms with E-state index in [1.54, 1.807) is 11.8 Å². The summed E-state index contributed by atoms with van der Waals surface area (Å²) in [7, 11) is 0. The number of hydrogen-bond donors (Lipinski definition) is 1. The van der Waals surface area contributed by atoms with Gasteiger partial charge in [0.05, 0.1) is 5.69 Å². The van der Waals surface area contributed by atoms with Gasteiger partial charge in [-0.1, -0.05) is 19.1 Å². The molecule has 4 nitrogen and oxygen atoms in total. The minimum Gasteiger partial charge on any atom is -0.325 e. The van der Waals surface area contributed by atoms with Crippen LogP contribution in [0, 0.1) is 5.82 Å². The van der Waals surface area contributed by atoms with Gasteiger partial charge < -0.3 is 10.2 Å². The smallest absolute Gasteiger partial charge is 0.244 e. The molecular weight excluding hydrogens is 327 g/mol. The summed E-state index contributed by atoms with van der Waals surface area (Å²) in [4.78, 5) is 27.3. The highest BCUT2D eigenvalue weighted by Crippen LogP contribution is 2.37. The van der Waals surface area contributed by atoms with E-state index in [2.05, 4.69) is 5.32 Å². The predicted octanol–water partition coefficient (Wildman–Crippen LogP) is 3.68. The van der Waals surface area contributed by atoms with Crippen LogP contribution in [0.25, 0.3) is 0 Å². The lowest BCUT2D eigenvalue weighted by molar-refractivity contribution is -0.121. The number of para-hydroxylation sites is 1. The summed E-state index contributed by atoms with van der Waals surface area (Å²) in [5, 5.41) is 2.85. The number of halogens is 1. The first-order valence-electron chi connectivity index (χ1n) is 7.64. The van der Waals surface area contributed by atoms with E-state index in [0.717, 1.165) is 10.6 Å². The van der Waals surface area contributed by atoms with Crippen molar-refractivity contribution >= 4 is 35.0 Å². The van der Waals surface area contributed by atoms with Crippen LogP contribution in [0.3, 0.4) is 0 Å². The molecular formula is C18H17FN2O2S. The van der Waals surface area contributed by atoms with Gasteiger partial charge in [0.15, 0.2) is 0 Å². The van der Waals surface area contributed by atoms with Gasteiger partial charge in [0, 0.05) is 22.3 Å². The Bertz CT molecular complexity index is 764. The fraction of sp³-hybridized carbons (Fsp3) is 0.222. The lowest BCUT2D eigenvalue weighted by Crippen LogP contribution is -2.38. The normalized spacial score (nSPS) is 17.2. The highest BCUT2D eigenvalue weighted by Gasteiger charge is 2.27. The zero-order valence-electron chi connectivity index (χ0n) is 13.2. The van der Waals surface area contributed by atoms with Gasteiger partial charge in [-0.3, -0.25) is 9.59 Å². The Balaban J connectivity index is 1.78. The van der Waals surface area contributed by atoms with Crippen LogP contribution in [-0.4, -0.2) is 23.6 Å². The minimum absolute atomic E-state index is 0.0689. The lowest BCUT2D eigenvalue weighted by Gasteiger charge is -2.22. The molecule has 3 rings (SSSR count). The van der Waals surface area contributed by atoms with Crippen LogP contribution >= 0.6 is 11.8 Å². The first-order chi connectivity index (χ1) is 11.5. The second kappa shape index (κ2) is 7.05. The molecule has 0 fully saturated rings. The van der Waals surface area contributed by atoms with Crippen molar-refractivity contribution in [2.45, 2.75) is 23.5 Å². The Morgan fingerprint density at radius 2 is 1.96 bits per heavy atom. The Morgan fingerprint density at radius 3 is 2.71 bits per heavy atom. The molecule has 1 aliphatic rings. The van der Waals surface area contributed by atoms with E-state index < -0.39 is 0 Å². The fourth-order valence-electron chi connectivity index (χ4n) is 2.58. The molecule has 0 unspecified atom stereocenters. The minimum atomic E-state index is -0.365. The summed E-state index contributed by atoms with van der Waals surface area (Å²) in [5.41, 5.74) is 1.26. The zero-order chi connectivity index (χ0) is 17.1. The Kier molecular flexibility index (Phi) is 4.85. The molecule has 0 radical (unpaired) electrons. The van der Waals surface area contributed by atoms with E-state index in [4.69, 9.17) is 0 Å². The van der Waals surface area contributed by atoms with Crippen LogP contribution in [0.4, 0.5) is 15.8 Å². The van der Waals surface area contributed by atoms with Gasteiger partial charge in [0.1, 0.15) is 12.4 Å². The third-order valence-electron chi connectivity index (χ3n) is 3.68. The van der Waals surface area contributed by atoms with Crippen molar-refractivity contribution in [3.05, 3.63) is 54.3 Å². The number of amides is 2. The fourth-order valence-corrected chi connectivity index (χ4v) is 3.69. The van der Waals surface area contributed by atoms with Gasteiger partial charge in [-0.25, -0.2) is 4.39 Å². The summed E-state index contributed by atoms with van der Waals surface area (Å²) in [6.45, 7) is 1.93. The molecule has 6 heteroatoms. The molecule has 0 bridgehead atoms. The predicted molar refractivity (Wildman–Crippen MR) is 93.8 cm³/mol. The van der Waals surface area contributed by atoms with Gasteiger partial charge >= 0.3 is 0 Å². The zero-order valence-corrected chi connectivity index (χ0v) is 14.0. The van der Waals surface area contributed by atoms with Crippen LogP contribution in [-0.2, 0) is 9.59 Å². The first kappa shape index (κ1) is 16.5. The van der Waals surface area contributed by atoms with E-state index in [9.17, 15) is 14.0 Å². The van der Waals surface area contributed by atoms with E-state index in [0.29, 0.717) is 12.1 Å². The molecule has 0 saturated carbocycles. The molecule has 2 aromatic rings. The number of nitrogens with zero attached hydrogens (tertiary/aromatic N) is 1. The molecule has 0 aromatic heterocycles. The van der Waals surface area contributed by atoms with Gasteiger partial charge in [0.25, 0.3) is 0 Å². The molecule has 1 aliphatic heterocycles. The number of rotatable bonds is 3. The number of fused-ring (bicyclic) bond motifs is 1. The number of nitrogens with one attached hydrogen (secondary N) is 1. The number of carbonyl (C=O) groups excluding carboxylic acids is 2. The topological polar surface area (TPSA) is 49.4 Å². The number of anilines is 2. The monoisotopic (exact) mass is 344 g/mol. The summed E-state index contributed by atoms with van der Waals surface area (Å²) >= 11 is 1.64. The molecule has 2 aromatic carbocycles. The van der Waals surface area contributed by atoms with Gasteiger partial charge in [-0.15, -0.1) is 11.8 Å². The maximum absolute atomic E-state index is 12.9. The molecule has 24 heavy (non-hydrogen) atoms. The Hall–Kier alpha value is -2.34. The van der Waals surface area contributed by atoms with Crippen LogP contribution in [0.2, 0.25) is 0 Å². The van der Waals surface area contributed by atoms with Crippen molar-refractivity contribution in [1.29, 1.82) is 0 Å². The van der Waals surface area contributed by atoms with Crippen LogP contribution in [0.15, 0.2) is 53.4 Å². The van der Waals surface area contributed by atoms with Gasteiger partial charge in [0.2, 0.25) is 11.8 Å². The molecule has 1 heterocycles. The second-order valence-corrected chi connectivity index (χ2v) is 7.12. The van der Waals surface area contributed by atoms with E-state index in [1.165, 1.54) is 29.2 Å².